The van der Waals surface area contributed by atoms with Crippen LogP contribution in [0, 0.1) is 45.3 Å². The summed E-state index contributed by atoms with van der Waals surface area (Å²) < 4.78 is 0. The number of fused-ring (bicyclic) bond motifs is 1. The van der Waals surface area contributed by atoms with Gasteiger partial charge in [-0.15, -0.1) is 0 Å². The summed E-state index contributed by atoms with van der Waals surface area (Å²) in [6.07, 6.45) is 11.7. The fraction of sp³-hybridized carbons (Fsp3) is 1.00. The first-order chi connectivity index (χ1) is 9.88. The van der Waals surface area contributed by atoms with E-state index in [1.165, 1.54) is 51.4 Å². The van der Waals surface area contributed by atoms with Crippen molar-refractivity contribution in [3.63, 3.8) is 0 Å². The molecule has 6 saturated carbocycles. The first-order valence-corrected chi connectivity index (χ1v) is 9.49. The van der Waals surface area contributed by atoms with Gasteiger partial charge in [0.15, 0.2) is 0 Å². The lowest BCUT2D eigenvalue weighted by Crippen LogP contribution is -2.57. The summed E-state index contributed by atoms with van der Waals surface area (Å²) in [5.41, 5.74) is 2.21. The van der Waals surface area contributed by atoms with Gasteiger partial charge in [0.05, 0.1) is 0 Å². The number of rotatable bonds is 1. The third kappa shape index (κ3) is 1.32. The van der Waals surface area contributed by atoms with E-state index in [0.29, 0.717) is 28.3 Å². The predicted molar refractivity (Wildman–Crippen MR) is 84.7 cm³/mol. The molecule has 1 unspecified atom stereocenters. The summed E-state index contributed by atoms with van der Waals surface area (Å²) >= 11 is 0. The van der Waals surface area contributed by atoms with Crippen LogP contribution in [-0.4, -0.2) is 11.7 Å². The summed E-state index contributed by atoms with van der Waals surface area (Å²) in [6, 6.07) is 0. The number of hydrogen-bond acceptors (Lipinski definition) is 1. The maximum absolute atomic E-state index is 9.96. The monoisotopic (exact) mass is 288 g/mol. The van der Waals surface area contributed by atoms with Gasteiger partial charge < -0.3 is 5.11 Å². The smallest absolute Gasteiger partial charge is 0.0493 e. The van der Waals surface area contributed by atoms with Crippen LogP contribution in [0.15, 0.2) is 0 Å². The molecule has 6 aliphatic rings. The van der Waals surface area contributed by atoms with Crippen LogP contribution >= 0.6 is 0 Å². The van der Waals surface area contributed by atoms with E-state index < -0.39 is 0 Å². The Labute approximate surface area is 129 Å². The second kappa shape index (κ2) is 3.55. The Hall–Kier alpha value is -0.0400. The molecule has 0 saturated heterocycles. The predicted octanol–water partition coefficient (Wildman–Crippen LogP) is 4.64. The minimum atomic E-state index is 0.407. The molecule has 6 rings (SSSR count). The van der Waals surface area contributed by atoms with Crippen molar-refractivity contribution in [3.8, 4) is 0 Å². The van der Waals surface area contributed by atoms with Gasteiger partial charge in [-0.05, 0) is 84.9 Å². The summed E-state index contributed by atoms with van der Waals surface area (Å²) in [7, 11) is 0. The molecule has 7 atom stereocenters. The van der Waals surface area contributed by atoms with Gasteiger partial charge in [0.1, 0.15) is 0 Å². The zero-order valence-electron chi connectivity index (χ0n) is 14.1. The van der Waals surface area contributed by atoms with Crippen LogP contribution in [0.3, 0.4) is 0 Å². The van der Waals surface area contributed by atoms with Gasteiger partial charge in [0.2, 0.25) is 0 Å². The summed E-state index contributed by atoms with van der Waals surface area (Å²) in [5.74, 6) is 3.74. The summed E-state index contributed by atoms with van der Waals surface area (Å²) in [6.45, 7) is 8.26. The molecule has 0 aromatic carbocycles. The van der Waals surface area contributed by atoms with Gasteiger partial charge in [-0.3, -0.25) is 0 Å². The molecule has 0 heterocycles. The SMILES string of the molecule is CC1(C)CCC[C@]2(C)C1CC[C@@]13C[C@H]4[C@@H](C[C@H]12)[C@]4(CO)C3. The molecule has 0 radical (unpaired) electrons. The van der Waals surface area contributed by atoms with E-state index in [1.54, 1.807) is 0 Å². The van der Waals surface area contributed by atoms with Crippen LogP contribution in [0.2, 0.25) is 0 Å². The van der Waals surface area contributed by atoms with Crippen LogP contribution in [0.1, 0.15) is 72.1 Å². The lowest BCUT2D eigenvalue weighted by Gasteiger charge is -2.65. The molecule has 1 heteroatoms. The van der Waals surface area contributed by atoms with Crippen molar-refractivity contribution >= 4 is 0 Å². The van der Waals surface area contributed by atoms with Crippen molar-refractivity contribution in [2.24, 2.45) is 45.3 Å². The Morgan fingerprint density at radius 2 is 1.81 bits per heavy atom. The molecule has 4 bridgehead atoms. The minimum absolute atomic E-state index is 0.407. The fourth-order valence-corrected chi connectivity index (χ4v) is 8.97. The third-order valence-electron chi connectivity index (χ3n) is 9.69. The van der Waals surface area contributed by atoms with E-state index in [1.807, 2.05) is 0 Å². The van der Waals surface area contributed by atoms with Crippen molar-refractivity contribution in [3.05, 3.63) is 0 Å². The third-order valence-corrected chi connectivity index (χ3v) is 9.69. The van der Waals surface area contributed by atoms with Crippen LogP contribution in [0.5, 0.6) is 0 Å². The first kappa shape index (κ1) is 13.4. The summed E-state index contributed by atoms with van der Waals surface area (Å²) in [4.78, 5) is 0. The molecule has 0 aromatic rings. The number of aliphatic hydroxyl groups is 1. The van der Waals surface area contributed by atoms with Crippen molar-refractivity contribution in [1.82, 2.24) is 0 Å². The molecule has 6 aliphatic carbocycles. The van der Waals surface area contributed by atoms with Crippen LogP contribution in [-0.2, 0) is 0 Å². The maximum Gasteiger partial charge on any atom is 0.0493 e. The Morgan fingerprint density at radius 1 is 1.00 bits per heavy atom. The average Bonchev–Trinajstić information content (AvgIpc) is 2.93. The molecule has 0 aromatic heterocycles. The first-order valence-electron chi connectivity index (χ1n) is 9.49. The highest BCUT2D eigenvalue weighted by molar-refractivity contribution is 5.28. The van der Waals surface area contributed by atoms with Crippen LogP contribution < -0.4 is 0 Å². The Kier molecular flexibility index (Phi) is 2.27. The lowest BCUT2D eigenvalue weighted by molar-refractivity contribution is -0.162. The molecule has 0 amide bonds. The molecular weight excluding hydrogens is 256 g/mol. The number of hydrogen-bond donors (Lipinski definition) is 1. The summed E-state index contributed by atoms with van der Waals surface area (Å²) in [5, 5.41) is 9.96. The zero-order valence-corrected chi connectivity index (χ0v) is 14.1. The van der Waals surface area contributed by atoms with Gasteiger partial charge in [0, 0.05) is 12.0 Å². The quantitative estimate of drug-likeness (QED) is 0.745. The highest BCUT2D eigenvalue weighted by Crippen LogP contribution is 2.85. The Morgan fingerprint density at radius 3 is 2.52 bits per heavy atom. The van der Waals surface area contributed by atoms with Gasteiger partial charge in [0.25, 0.3) is 0 Å². The lowest BCUT2D eigenvalue weighted by atomic mass is 9.40. The van der Waals surface area contributed by atoms with Crippen LogP contribution in [0.25, 0.3) is 0 Å². The fourth-order valence-electron chi connectivity index (χ4n) is 8.97. The Bertz CT molecular complexity index is 496. The van der Waals surface area contributed by atoms with E-state index in [9.17, 15) is 5.11 Å². The van der Waals surface area contributed by atoms with E-state index in [-0.39, 0.29) is 0 Å². The second-order valence-electron chi connectivity index (χ2n) is 10.6. The van der Waals surface area contributed by atoms with Gasteiger partial charge in [-0.2, -0.15) is 0 Å². The molecule has 21 heavy (non-hydrogen) atoms. The second-order valence-corrected chi connectivity index (χ2v) is 10.6. The molecule has 1 N–H and O–H groups in total. The maximum atomic E-state index is 9.96. The molecular formula is C20H32O. The topological polar surface area (TPSA) is 20.2 Å². The molecule has 1 nitrogen and oxygen atoms in total. The number of aliphatic hydroxyl groups excluding tert-OH is 1. The van der Waals surface area contributed by atoms with Crippen molar-refractivity contribution < 1.29 is 5.11 Å². The van der Waals surface area contributed by atoms with E-state index in [4.69, 9.17) is 0 Å². The van der Waals surface area contributed by atoms with Gasteiger partial charge in [-0.25, -0.2) is 0 Å². The molecule has 1 spiro atoms. The highest BCUT2D eigenvalue weighted by Gasteiger charge is 2.79. The molecule has 6 fully saturated rings. The largest absolute Gasteiger partial charge is 0.396 e. The van der Waals surface area contributed by atoms with E-state index in [2.05, 4.69) is 20.8 Å². The normalized spacial score (nSPS) is 62.9. The van der Waals surface area contributed by atoms with Crippen molar-refractivity contribution in [2.45, 2.75) is 72.1 Å². The standard InChI is InChI=1S/C20H32O/c1-17(2)6-4-7-18(3)15(17)5-8-19-10-14-13(9-16(18)19)20(14,11-19)12-21/h13-16,21H,4-12H2,1-3H3/t13-,14+,15?,16+,18-,19+,20-/m1/s1. The molecule has 118 valence electrons. The van der Waals surface area contributed by atoms with E-state index in [0.717, 1.165) is 23.7 Å². The van der Waals surface area contributed by atoms with Crippen LogP contribution in [0.4, 0.5) is 0 Å². The van der Waals surface area contributed by atoms with Crippen molar-refractivity contribution in [2.75, 3.05) is 6.61 Å². The highest BCUT2D eigenvalue weighted by atomic mass is 16.3. The van der Waals surface area contributed by atoms with Gasteiger partial charge in [-0.1, -0.05) is 27.2 Å². The van der Waals surface area contributed by atoms with Crippen molar-refractivity contribution in [1.29, 1.82) is 0 Å². The average molecular weight is 288 g/mol. The van der Waals surface area contributed by atoms with E-state index >= 15 is 0 Å². The minimum Gasteiger partial charge on any atom is -0.396 e. The zero-order chi connectivity index (χ0) is 14.7. The molecule has 0 aliphatic heterocycles. The van der Waals surface area contributed by atoms with Gasteiger partial charge >= 0.3 is 0 Å². The Balaban J connectivity index is 1.54.